The number of carboxylic acids is 1. The summed E-state index contributed by atoms with van der Waals surface area (Å²) in [4.78, 5) is 10.9. The van der Waals surface area contributed by atoms with Crippen LogP contribution in [0.2, 0.25) is 0 Å². The maximum Gasteiger partial charge on any atom is 0.346 e. The first kappa shape index (κ1) is 18.2. The van der Waals surface area contributed by atoms with Gasteiger partial charge in [0.05, 0.1) is 11.4 Å². The number of nitrogens with one attached hydrogen (secondary N) is 2. The number of carboxylic acid groups (broad SMARTS) is 1. The van der Waals surface area contributed by atoms with Crippen LogP contribution in [-0.4, -0.2) is 27.9 Å². The monoisotopic (exact) mass is 391 g/mol. The number of hydrogen-bond donors (Lipinski definition) is 4. The Labute approximate surface area is 142 Å². The zero-order valence-electron chi connectivity index (χ0n) is 12.2. The SMILES string of the molecule is Cc1cc(S(=O)(=O)Nc2cccc(NS(N)(=O)=O)c2)sc1C(=O)O. The number of anilines is 2. The summed E-state index contributed by atoms with van der Waals surface area (Å²) in [7, 11) is -8.00. The normalized spacial score (nSPS) is 11.9. The predicted molar refractivity (Wildman–Crippen MR) is 90.0 cm³/mol. The van der Waals surface area contributed by atoms with Gasteiger partial charge in [-0.25, -0.2) is 18.4 Å². The van der Waals surface area contributed by atoms with Gasteiger partial charge in [0.25, 0.3) is 20.2 Å². The number of benzene rings is 1. The van der Waals surface area contributed by atoms with Gasteiger partial charge in [-0.05, 0) is 36.8 Å². The lowest BCUT2D eigenvalue weighted by atomic mass is 10.3. The number of hydrogen-bond acceptors (Lipinski definition) is 6. The Bertz CT molecular complexity index is 995. The number of thiophene rings is 1. The highest BCUT2D eigenvalue weighted by Crippen LogP contribution is 2.28. The number of nitrogens with two attached hydrogens (primary N) is 1. The van der Waals surface area contributed by atoms with E-state index in [9.17, 15) is 21.6 Å². The first-order chi connectivity index (χ1) is 11.0. The zero-order chi connectivity index (χ0) is 18.1. The second kappa shape index (κ2) is 6.39. The van der Waals surface area contributed by atoms with Gasteiger partial charge in [-0.15, -0.1) is 11.3 Å². The summed E-state index contributed by atoms with van der Waals surface area (Å²) in [6.45, 7) is 1.50. The number of carbonyl (C=O) groups is 1. The average Bonchev–Trinajstić information content (AvgIpc) is 2.79. The molecule has 1 heterocycles. The molecule has 0 atom stereocenters. The fraction of sp³-hybridized carbons (Fsp3) is 0.0833. The van der Waals surface area contributed by atoms with Crippen LogP contribution in [0.1, 0.15) is 15.2 Å². The summed E-state index contributed by atoms with van der Waals surface area (Å²) in [5.41, 5.74) is 0.496. The van der Waals surface area contributed by atoms with E-state index in [1.807, 2.05) is 4.72 Å². The molecule has 5 N–H and O–H groups in total. The molecular formula is C12H13N3O6S3. The van der Waals surface area contributed by atoms with Gasteiger partial charge in [0.1, 0.15) is 9.09 Å². The van der Waals surface area contributed by atoms with Gasteiger partial charge < -0.3 is 5.11 Å². The van der Waals surface area contributed by atoms with E-state index in [0.29, 0.717) is 16.9 Å². The van der Waals surface area contributed by atoms with Crippen molar-refractivity contribution in [1.82, 2.24) is 0 Å². The fourth-order valence-corrected chi connectivity index (χ4v) is 4.70. The predicted octanol–water partition coefficient (Wildman–Crippen LogP) is 1.17. The van der Waals surface area contributed by atoms with Crippen LogP contribution in [0.15, 0.2) is 34.5 Å². The number of aryl methyl sites for hydroxylation is 1. The molecule has 2 aromatic rings. The molecule has 0 fully saturated rings. The lowest BCUT2D eigenvalue weighted by Crippen LogP contribution is -2.21. The van der Waals surface area contributed by atoms with Crippen molar-refractivity contribution in [2.75, 3.05) is 9.44 Å². The van der Waals surface area contributed by atoms with Crippen LogP contribution in [0.5, 0.6) is 0 Å². The first-order valence-corrected chi connectivity index (χ1v) is 10.1. The minimum absolute atomic E-state index is 0.0694. The Hall–Kier alpha value is -2.15. The molecule has 130 valence electrons. The van der Waals surface area contributed by atoms with Crippen LogP contribution in [0.3, 0.4) is 0 Å². The van der Waals surface area contributed by atoms with Crippen LogP contribution in [0.25, 0.3) is 0 Å². The second-order valence-electron chi connectivity index (χ2n) is 4.72. The molecule has 0 aliphatic rings. The highest BCUT2D eigenvalue weighted by molar-refractivity contribution is 7.94. The summed E-state index contributed by atoms with van der Waals surface area (Å²) < 4.78 is 50.8. The van der Waals surface area contributed by atoms with Crippen LogP contribution < -0.4 is 14.6 Å². The summed E-state index contributed by atoms with van der Waals surface area (Å²) >= 11 is 0.626. The molecule has 0 radical (unpaired) electrons. The highest BCUT2D eigenvalue weighted by atomic mass is 32.2. The van der Waals surface area contributed by atoms with Crippen molar-refractivity contribution < 1.29 is 26.7 Å². The topological polar surface area (TPSA) is 156 Å². The van der Waals surface area contributed by atoms with E-state index in [4.69, 9.17) is 10.2 Å². The van der Waals surface area contributed by atoms with Gasteiger partial charge >= 0.3 is 5.97 Å². The Kier molecular flexibility index (Phi) is 4.85. The molecule has 1 aromatic carbocycles. The van der Waals surface area contributed by atoms with E-state index in [1.54, 1.807) is 0 Å². The minimum Gasteiger partial charge on any atom is -0.477 e. The van der Waals surface area contributed by atoms with E-state index < -0.39 is 26.2 Å². The second-order valence-corrected chi connectivity index (χ2v) is 8.97. The molecule has 0 aliphatic carbocycles. The summed E-state index contributed by atoms with van der Waals surface area (Å²) in [6.07, 6.45) is 0. The van der Waals surface area contributed by atoms with Crippen LogP contribution in [-0.2, 0) is 20.2 Å². The van der Waals surface area contributed by atoms with Gasteiger partial charge in [0, 0.05) is 0 Å². The fourth-order valence-electron chi connectivity index (χ4n) is 1.81. The quantitative estimate of drug-likeness (QED) is 0.579. The molecule has 0 saturated heterocycles. The number of rotatable bonds is 6. The van der Waals surface area contributed by atoms with Crippen LogP contribution in [0.4, 0.5) is 11.4 Å². The van der Waals surface area contributed by atoms with Crippen molar-refractivity contribution in [2.45, 2.75) is 11.1 Å². The van der Waals surface area contributed by atoms with Crippen molar-refractivity contribution in [3.8, 4) is 0 Å². The molecule has 0 aliphatic heterocycles. The van der Waals surface area contributed by atoms with Gasteiger partial charge in [0.2, 0.25) is 0 Å². The third kappa shape index (κ3) is 4.44. The molecule has 0 amide bonds. The highest BCUT2D eigenvalue weighted by Gasteiger charge is 2.22. The lowest BCUT2D eigenvalue weighted by Gasteiger charge is -2.08. The third-order valence-corrected chi connectivity index (χ3v) is 6.33. The van der Waals surface area contributed by atoms with Crippen molar-refractivity contribution in [3.05, 3.63) is 40.8 Å². The van der Waals surface area contributed by atoms with Gasteiger partial charge in [0.15, 0.2) is 0 Å². The van der Waals surface area contributed by atoms with Gasteiger partial charge in [-0.1, -0.05) is 6.07 Å². The lowest BCUT2D eigenvalue weighted by molar-refractivity contribution is 0.0701. The average molecular weight is 391 g/mol. The summed E-state index contributed by atoms with van der Waals surface area (Å²) in [5, 5.41) is 13.8. The number of aromatic carboxylic acids is 1. The zero-order valence-corrected chi connectivity index (χ0v) is 14.6. The van der Waals surface area contributed by atoms with Crippen LogP contribution in [0, 0.1) is 6.92 Å². The van der Waals surface area contributed by atoms with E-state index >= 15 is 0 Å². The van der Waals surface area contributed by atoms with Crippen LogP contribution >= 0.6 is 11.3 Å². The molecule has 1 aromatic heterocycles. The largest absolute Gasteiger partial charge is 0.477 e. The van der Waals surface area contributed by atoms with Crippen molar-refractivity contribution >= 4 is 48.9 Å². The third-order valence-electron chi connectivity index (χ3n) is 2.73. The van der Waals surface area contributed by atoms with Crippen molar-refractivity contribution in [1.29, 1.82) is 0 Å². The molecule has 12 heteroatoms. The molecule has 9 nitrogen and oxygen atoms in total. The molecule has 0 saturated carbocycles. The Morgan fingerprint density at radius 3 is 2.21 bits per heavy atom. The molecule has 24 heavy (non-hydrogen) atoms. The van der Waals surface area contributed by atoms with E-state index in [0.717, 1.165) is 0 Å². The minimum atomic E-state index is -4.01. The standard InChI is InChI=1S/C12H13N3O6S3/c1-7-5-10(22-11(7)12(16)17)23(18,19)14-8-3-2-4-9(6-8)15-24(13,20)21/h2-6,14-15H,1H3,(H,16,17)(H2,13,20,21). The van der Waals surface area contributed by atoms with E-state index in [1.165, 1.54) is 37.3 Å². The maximum atomic E-state index is 12.3. The Balaban J connectivity index is 2.31. The molecule has 2 rings (SSSR count). The Morgan fingerprint density at radius 1 is 1.12 bits per heavy atom. The van der Waals surface area contributed by atoms with Gasteiger partial charge in [-0.3, -0.25) is 9.44 Å². The molecule has 0 unspecified atom stereocenters. The van der Waals surface area contributed by atoms with Crippen molar-refractivity contribution in [3.63, 3.8) is 0 Å². The van der Waals surface area contributed by atoms with Crippen molar-refractivity contribution in [2.24, 2.45) is 5.14 Å². The van der Waals surface area contributed by atoms with E-state index in [-0.39, 0.29) is 20.5 Å². The Morgan fingerprint density at radius 2 is 1.71 bits per heavy atom. The first-order valence-electron chi connectivity index (χ1n) is 6.25. The molecular weight excluding hydrogens is 378 g/mol. The number of sulfonamides is 1. The summed E-state index contributed by atoms with van der Waals surface area (Å²) in [5.74, 6) is -1.21. The molecule has 0 bridgehead atoms. The molecule has 0 spiro atoms. The summed E-state index contributed by atoms with van der Waals surface area (Å²) in [6, 6.07) is 6.71. The van der Waals surface area contributed by atoms with Gasteiger partial charge in [-0.2, -0.15) is 8.42 Å². The maximum absolute atomic E-state index is 12.3. The smallest absolute Gasteiger partial charge is 0.346 e. The van der Waals surface area contributed by atoms with E-state index in [2.05, 4.69) is 4.72 Å².